The lowest BCUT2D eigenvalue weighted by Gasteiger charge is -2.37. The highest BCUT2D eigenvalue weighted by atomic mass is 16.5. The minimum atomic E-state index is 0.617. The van der Waals surface area contributed by atoms with Gasteiger partial charge in [0.15, 0.2) is 11.5 Å². The zero-order valence-corrected chi connectivity index (χ0v) is 12.8. The molecule has 112 valence electrons. The fourth-order valence-corrected chi connectivity index (χ4v) is 2.89. The largest absolute Gasteiger partial charge is 0.493 e. The third-order valence-electron chi connectivity index (χ3n) is 4.28. The minimum absolute atomic E-state index is 0.617. The van der Waals surface area contributed by atoms with E-state index in [9.17, 15) is 0 Å². The van der Waals surface area contributed by atoms with Gasteiger partial charge in [0, 0.05) is 19.1 Å². The normalized spacial score (nSPS) is 23.6. The average Bonchev–Trinajstić information content (AvgIpc) is 2.49. The molecular weight excluding hydrogens is 252 g/mol. The van der Waals surface area contributed by atoms with E-state index in [2.05, 4.69) is 24.0 Å². The van der Waals surface area contributed by atoms with E-state index in [4.69, 9.17) is 15.2 Å². The second-order valence-electron chi connectivity index (χ2n) is 5.65. The van der Waals surface area contributed by atoms with Crippen molar-refractivity contribution in [1.29, 1.82) is 0 Å². The summed E-state index contributed by atoms with van der Waals surface area (Å²) in [6, 6.07) is 6.77. The van der Waals surface area contributed by atoms with E-state index in [-0.39, 0.29) is 0 Å². The second kappa shape index (κ2) is 6.95. The quantitative estimate of drug-likeness (QED) is 0.897. The van der Waals surface area contributed by atoms with Crippen LogP contribution in [0.1, 0.15) is 25.3 Å². The lowest BCUT2D eigenvalue weighted by Crippen LogP contribution is -2.43. The van der Waals surface area contributed by atoms with Crippen molar-refractivity contribution in [3.63, 3.8) is 0 Å². The Bertz CT molecular complexity index is 436. The number of methoxy groups -OCH3 is 2. The van der Waals surface area contributed by atoms with Crippen molar-refractivity contribution < 1.29 is 9.47 Å². The van der Waals surface area contributed by atoms with Gasteiger partial charge in [-0.1, -0.05) is 6.07 Å². The topological polar surface area (TPSA) is 47.7 Å². The first-order valence-corrected chi connectivity index (χ1v) is 7.33. The molecule has 0 amide bonds. The van der Waals surface area contributed by atoms with Crippen LogP contribution in [0.15, 0.2) is 18.2 Å². The molecule has 4 heteroatoms. The Morgan fingerprint density at radius 1 is 1.20 bits per heavy atom. The zero-order valence-electron chi connectivity index (χ0n) is 12.8. The average molecular weight is 278 g/mol. The number of hydrogen-bond acceptors (Lipinski definition) is 4. The third-order valence-corrected chi connectivity index (χ3v) is 4.28. The molecule has 2 N–H and O–H groups in total. The number of likely N-dealkylation sites (tertiary alicyclic amines) is 1. The van der Waals surface area contributed by atoms with Crippen LogP contribution in [-0.2, 0) is 6.54 Å². The summed E-state index contributed by atoms with van der Waals surface area (Å²) in [6.45, 7) is 5.12. The Balaban J connectivity index is 2.08. The summed E-state index contributed by atoms with van der Waals surface area (Å²) in [5, 5.41) is 0. The predicted octanol–water partition coefficient (Wildman–Crippen LogP) is 2.26. The van der Waals surface area contributed by atoms with Crippen LogP contribution in [0.4, 0.5) is 0 Å². The highest BCUT2D eigenvalue weighted by Gasteiger charge is 2.24. The fraction of sp³-hybridized carbons (Fsp3) is 0.625. The molecular formula is C16H26N2O2. The van der Waals surface area contributed by atoms with Gasteiger partial charge in [0.25, 0.3) is 0 Å². The maximum atomic E-state index is 5.82. The molecule has 20 heavy (non-hydrogen) atoms. The SMILES string of the molecule is COc1ccc(CN2CC(CN)CCC2C)cc1OC. The number of nitrogens with two attached hydrogens (primary N) is 1. The van der Waals surface area contributed by atoms with Gasteiger partial charge in [0.2, 0.25) is 0 Å². The molecule has 0 spiro atoms. The maximum Gasteiger partial charge on any atom is 0.161 e. The van der Waals surface area contributed by atoms with E-state index in [1.807, 2.05) is 6.07 Å². The number of piperidine rings is 1. The van der Waals surface area contributed by atoms with E-state index in [0.717, 1.165) is 31.1 Å². The summed E-state index contributed by atoms with van der Waals surface area (Å²) < 4.78 is 10.7. The van der Waals surface area contributed by atoms with Crippen LogP contribution < -0.4 is 15.2 Å². The number of ether oxygens (including phenoxy) is 2. The smallest absolute Gasteiger partial charge is 0.161 e. The van der Waals surface area contributed by atoms with Crippen LogP contribution in [-0.4, -0.2) is 38.3 Å². The fourth-order valence-electron chi connectivity index (χ4n) is 2.89. The van der Waals surface area contributed by atoms with Gasteiger partial charge >= 0.3 is 0 Å². The van der Waals surface area contributed by atoms with E-state index in [1.165, 1.54) is 18.4 Å². The molecule has 0 aliphatic carbocycles. The van der Waals surface area contributed by atoms with Crippen LogP contribution >= 0.6 is 0 Å². The van der Waals surface area contributed by atoms with Crippen molar-refractivity contribution in [1.82, 2.24) is 4.90 Å². The number of benzene rings is 1. The molecule has 0 aromatic heterocycles. The summed E-state index contributed by atoms with van der Waals surface area (Å²) in [5.74, 6) is 2.21. The lowest BCUT2D eigenvalue weighted by molar-refractivity contribution is 0.113. The van der Waals surface area contributed by atoms with E-state index in [1.54, 1.807) is 14.2 Å². The van der Waals surface area contributed by atoms with E-state index in [0.29, 0.717) is 12.0 Å². The van der Waals surface area contributed by atoms with Gasteiger partial charge in [-0.3, -0.25) is 4.90 Å². The van der Waals surface area contributed by atoms with E-state index < -0.39 is 0 Å². The molecule has 0 radical (unpaired) electrons. The van der Waals surface area contributed by atoms with Crippen molar-refractivity contribution in [2.24, 2.45) is 11.7 Å². The maximum absolute atomic E-state index is 5.82. The molecule has 1 saturated heterocycles. The highest BCUT2D eigenvalue weighted by molar-refractivity contribution is 5.42. The molecule has 1 aliphatic heterocycles. The summed E-state index contributed by atoms with van der Waals surface area (Å²) in [5.41, 5.74) is 7.08. The summed E-state index contributed by atoms with van der Waals surface area (Å²) in [7, 11) is 3.34. The van der Waals surface area contributed by atoms with Gasteiger partial charge in [-0.05, 0) is 49.9 Å². The van der Waals surface area contributed by atoms with Crippen LogP contribution in [0.3, 0.4) is 0 Å². The van der Waals surface area contributed by atoms with Gasteiger partial charge in [-0.15, -0.1) is 0 Å². The molecule has 1 heterocycles. The minimum Gasteiger partial charge on any atom is -0.493 e. The first kappa shape index (κ1) is 15.1. The van der Waals surface area contributed by atoms with Crippen LogP contribution in [0.2, 0.25) is 0 Å². The Labute approximate surface area is 121 Å². The Kier molecular flexibility index (Phi) is 5.26. The molecule has 1 aromatic carbocycles. The predicted molar refractivity (Wildman–Crippen MR) is 81.2 cm³/mol. The van der Waals surface area contributed by atoms with Crippen LogP contribution in [0, 0.1) is 5.92 Å². The summed E-state index contributed by atoms with van der Waals surface area (Å²) in [6.07, 6.45) is 2.48. The monoisotopic (exact) mass is 278 g/mol. The van der Waals surface area contributed by atoms with Gasteiger partial charge in [0.1, 0.15) is 0 Å². The molecule has 1 aliphatic rings. The Hall–Kier alpha value is -1.26. The molecule has 0 saturated carbocycles. The highest BCUT2D eigenvalue weighted by Crippen LogP contribution is 2.29. The zero-order chi connectivity index (χ0) is 14.5. The molecule has 2 atom stereocenters. The van der Waals surface area contributed by atoms with Crippen molar-refractivity contribution in [3.05, 3.63) is 23.8 Å². The van der Waals surface area contributed by atoms with Crippen molar-refractivity contribution in [2.75, 3.05) is 27.3 Å². The van der Waals surface area contributed by atoms with Crippen molar-refractivity contribution >= 4 is 0 Å². The second-order valence-corrected chi connectivity index (χ2v) is 5.65. The lowest BCUT2D eigenvalue weighted by atomic mass is 9.93. The number of nitrogens with zero attached hydrogens (tertiary/aromatic N) is 1. The van der Waals surface area contributed by atoms with Crippen LogP contribution in [0.5, 0.6) is 11.5 Å². The first-order valence-electron chi connectivity index (χ1n) is 7.33. The van der Waals surface area contributed by atoms with Gasteiger partial charge in [-0.2, -0.15) is 0 Å². The third kappa shape index (κ3) is 3.44. The first-order chi connectivity index (χ1) is 9.67. The van der Waals surface area contributed by atoms with Crippen molar-refractivity contribution in [3.8, 4) is 11.5 Å². The van der Waals surface area contributed by atoms with Crippen LogP contribution in [0.25, 0.3) is 0 Å². The number of hydrogen-bond donors (Lipinski definition) is 1. The molecule has 0 bridgehead atoms. The molecule has 1 aromatic rings. The Morgan fingerprint density at radius 2 is 1.95 bits per heavy atom. The molecule has 4 nitrogen and oxygen atoms in total. The summed E-state index contributed by atoms with van der Waals surface area (Å²) in [4.78, 5) is 2.52. The Morgan fingerprint density at radius 3 is 2.60 bits per heavy atom. The van der Waals surface area contributed by atoms with Gasteiger partial charge < -0.3 is 15.2 Å². The van der Waals surface area contributed by atoms with Gasteiger partial charge in [-0.25, -0.2) is 0 Å². The molecule has 2 rings (SSSR count). The van der Waals surface area contributed by atoms with Gasteiger partial charge in [0.05, 0.1) is 14.2 Å². The molecule has 2 unspecified atom stereocenters. The summed E-state index contributed by atoms with van der Waals surface area (Å²) >= 11 is 0. The number of rotatable bonds is 5. The molecule has 1 fully saturated rings. The van der Waals surface area contributed by atoms with E-state index >= 15 is 0 Å². The van der Waals surface area contributed by atoms with Crippen molar-refractivity contribution in [2.45, 2.75) is 32.4 Å². The standard InChI is InChI=1S/C16H26N2O2/c1-12-4-5-14(9-17)11-18(12)10-13-6-7-15(19-2)16(8-13)20-3/h6-8,12,14H,4-5,9-11,17H2,1-3H3.